The number of halogens is 2. The van der Waals surface area contributed by atoms with Gasteiger partial charge in [-0.05, 0) is 30.3 Å². The van der Waals surface area contributed by atoms with Gasteiger partial charge in [0.25, 0.3) is 10.0 Å². The summed E-state index contributed by atoms with van der Waals surface area (Å²) in [6.07, 6.45) is 1.23. The molecule has 0 radical (unpaired) electrons. The number of hydrogen-bond donors (Lipinski definition) is 2. The molecule has 0 saturated carbocycles. The van der Waals surface area contributed by atoms with Gasteiger partial charge in [-0.25, -0.2) is 17.2 Å². The molecule has 0 saturated heterocycles. The first kappa shape index (κ1) is 14.2. The molecule has 2 aromatic rings. The van der Waals surface area contributed by atoms with Crippen molar-refractivity contribution in [1.82, 2.24) is 10.3 Å². The summed E-state index contributed by atoms with van der Waals surface area (Å²) < 4.78 is 53.9. The SMILES string of the molecule is O=C(NNS(=O)(=O)c1ccc(F)c(F)c1)c1ccco1. The van der Waals surface area contributed by atoms with E-state index >= 15 is 0 Å². The summed E-state index contributed by atoms with van der Waals surface area (Å²) >= 11 is 0. The number of benzene rings is 1. The zero-order chi connectivity index (χ0) is 14.8. The van der Waals surface area contributed by atoms with Crippen LogP contribution in [0.15, 0.2) is 45.9 Å². The van der Waals surface area contributed by atoms with Gasteiger partial charge in [-0.1, -0.05) is 0 Å². The Kier molecular flexibility index (Phi) is 3.81. The lowest BCUT2D eigenvalue weighted by molar-refractivity contribution is 0.0917. The molecule has 20 heavy (non-hydrogen) atoms. The molecule has 6 nitrogen and oxygen atoms in total. The van der Waals surface area contributed by atoms with Crippen LogP contribution in [-0.2, 0) is 10.0 Å². The number of carbonyl (C=O) groups excluding carboxylic acids is 1. The van der Waals surface area contributed by atoms with Crippen LogP contribution in [0, 0.1) is 11.6 Å². The lowest BCUT2D eigenvalue weighted by Crippen LogP contribution is -2.41. The molecular weight excluding hydrogens is 294 g/mol. The van der Waals surface area contributed by atoms with Crippen molar-refractivity contribution in [2.45, 2.75) is 4.90 Å². The average molecular weight is 302 g/mol. The van der Waals surface area contributed by atoms with Crippen LogP contribution in [0.4, 0.5) is 8.78 Å². The van der Waals surface area contributed by atoms with Gasteiger partial charge in [-0.15, -0.1) is 4.83 Å². The summed E-state index contributed by atoms with van der Waals surface area (Å²) in [6, 6.07) is 4.79. The van der Waals surface area contributed by atoms with Crippen molar-refractivity contribution in [3.63, 3.8) is 0 Å². The largest absolute Gasteiger partial charge is 0.459 e. The molecule has 2 rings (SSSR count). The van der Waals surface area contributed by atoms with Crippen LogP contribution in [0.1, 0.15) is 10.6 Å². The van der Waals surface area contributed by atoms with Crippen LogP contribution in [0.5, 0.6) is 0 Å². The second-order valence-corrected chi connectivity index (χ2v) is 5.30. The maximum atomic E-state index is 13.0. The highest BCUT2D eigenvalue weighted by atomic mass is 32.2. The van der Waals surface area contributed by atoms with Crippen LogP contribution in [0.3, 0.4) is 0 Å². The van der Waals surface area contributed by atoms with E-state index in [4.69, 9.17) is 4.42 Å². The Balaban J connectivity index is 2.11. The number of sulfonamides is 1. The zero-order valence-corrected chi connectivity index (χ0v) is 10.6. The van der Waals surface area contributed by atoms with E-state index in [9.17, 15) is 22.0 Å². The Bertz CT molecular complexity index is 729. The fourth-order valence-corrected chi connectivity index (χ4v) is 2.14. The van der Waals surface area contributed by atoms with Gasteiger partial charge in [0, 0.05) is 0 Å². The summed E-state index contributed by atoms with van der Waals surface area (Å²) in [5.74, 6) is -3.44. The predicted octanol–water partition coefficient (Wildman–Crippen LogP) is 1.18. The number of rotatable bonds is 4. The van der Waals surface area contributed by atoms with Crippen molar-refractivity contribution in [3.05, 3.63) is 54.0 Å². The molecule has 0 bridgehead atoms. The van der Waals surface area contributed by atoms with Crippen LogP contribution < -0.4 is 10.3 Å². The van der Waals surface area contributed by atoms with E-state index in [-0.39, 0.29) is 5.76 Å². The van der Waals surface area contributed by atoms with Crippen molar-refractivity contribution in [2.75, 3.05) is 0 Å². The summed E-state index contributed by atoms with van der Waals surface area (Å²) in [6.45, 7) is 0. The molecular formula is C11H8F2N2O4S. The molecule has 9 heteroatoms. The molecule has 0 unspecified atom stereocenters. The second kappa shape index (κ2) is 5.39. The molecule has 1 amide bonds. The van der Waals surface area contributed by atoms with Crippen LogP contribution in [0.2, 0.25) is 0 Å². The Hall–Kier alpha value is -2.26. The third-order valence-electron chi connectivity index (χ3n) is 2.25. The van der Waals surface area contributed by atoms with Crippen LogP contribution >= 0.6 is 0 Å². The predicted molar refractivity (Wildman–Crippen MR) is 62.9 cm³/mol. The van der Waals surface area contributed by atoms with E-state index in [1.807, 2.05) is 5.43 Å². The van der Waals surface area contributed by atoms with Crippen LogP contribution in [0.25, 0.3) is 0 Å². The molecule has 106 valence electrons. The van der Waals surface area contributed by atoms with Crippen molar-refractivity contribution < 1.29 is 26.4 Å². The lowest BCUT2D eigenvalue weighted by Gasteiger charge is -2.07. The minimum Gasteiger partial charge on any atom is -0.459 e. The fourth-order valence-electron chi connectivity index (χ4n) is 1.29. The summed E-state index contributed by atoms with van der Waals surface area (Å²) in [7, 11) is -4.22. The highest BCUT2D eigenvalue weighted by molar-refractivity contribution is 7.89. The third-order valence-corrected chi connectivity index (χ3v) is 3.49. The Labute approximate surface area is 112 Å². The minimum absolute atomic E-state index is 0.113. The first-order valence-electron chi connectivity index (χ1n) is 5.21. The van der Waals surface area contributed by atoms with Crippen molar-refractivity contribution >= 4 is 15.9 Å². The quantitative estimate of drug-likeness (QED) is 0.830. The molecule has 0 aliphatic heterocycles. The van der Waals surface area contributed by atoms with Gasteiger partial charge in [0.05, 0.1) is 11.2 Å². The number of carbonyl (C=O) groups is 1. The number of hydrazine groups is 1. The molecule has 0 atom stereocenters. The molecule has 1 heterocycles. The van der Waals surface area contributed by atoms with Gasteiger partial charge >= 0.3 is 5.91 Å². The Morgan fingerprint density at radius 3 is 2.50 bits per heavy atom. The smallest absolute Gasteiger partial charge is 0.301 e. The van der Waals surface area contributed by atoms with E-state index < -0.39 is 32.5 Å². The maximum absolute atomic E-state index is 13.0. The molecule has 1 aromatic heterocycles. The normalized spacial score (nSPS) is 11.3. The van der Waals surface area contributed by atoms with Gasteiger partial charge in [0.1, 0.15) is 0 Å². The first-order chi connectivity index (χ1) is 9.40. The van der Waals surface area contributed by atoms with Gasteiger partial charge in [-0.2, -0.15) is 0 Å². The maximum Gasteiger partial charge on any atom is 0.301 e. The van der Waals surface area contributed by atoms with E-state index in [1.165, 1.54) is 18.4 Å². The standard InChI is InChI=1S/C11H8F2N2O4S/c12-8-4-3-7(6-9(8)13)20(17,18)15-14-11(16)10-2-1-5-19-10/h1-6,15H,(H,14,16). The minimum atomic E-state index is -4.22. The molecule has 0 aliphatic carbocycles. The van der Waals surface area contributed by atoms with Gasteiger partial charge in [-0.3, -0.25) is 10.2 Å². The topological polar surface area (TPSA) is 88.4 Å². The summed E-state index contributed by atoms with van der Waals surface area (Å²) in [5.41, 5.74) is 1.87. The average Bonchev–Trinajstić information content (AvgIpc) is 2.93. The highest BCUT2D eigenvalue weighted by Gasteiger charge is 2.18. The van der Waals surface area contributed by atoms with E-state index in [0.717, 1.165) is 6.07 Å². The van der Waals surface area contributed by atoms with Gasteiger partial charge in [0.15, 0.2) is 17.4 Å². The van der Waals surface area contributed by atoms with Crippen molar-refractivity contribution in [3.8, 4) is 0 Å². The number of nitrogens with one attached hydrogen (secondary N) is 2. The fraction of sp³-hybridized carbons (Fsp3) is 0. The third kappa shape index (κ3) is 3.00. The second-order valence-electron chi connectivity index (χ2n) is 3.61. The number of amides is 1. The summed E-state index contributed by atoms with van der Waals surface area (Å²) in [5, 5.41) is 0. The Morgan fingerprint density at radius 1 is 1.15 bits per heavy atom. The van der Waals surface area contributed by atoms with E-state index in [2.05, 4.69) is 0 Å². The monoisotopic (exact) mass is 302 g/mol. The number of hydrogen-bond acceptors (Lipinski definition) is 4. The number of furan rings is 1. The highest BCUT2D eigenvalue weighted by Crippen LogP contribution is 2.13. The molecule has 0 aliphatic rings. The Morgan fingerprint density at radius 2 is 1.90 bits per heavy atom. The molecule has 0 fully saturated rings. The zero-order valence-electron chi connectivity index (χ0n) is 9.76. The molecule has 1 aromatic carbocycles. The summed E-state index contributed by atoms with van der Waals surface area (Å²) in [4.78, 5) is 12.6. The van der Waals surface area contributed by atoms with E-state index in [1.54, 1.807) is 4.83 Å². The van der Waals surface area contributed by atoms with Crippen molar-refractivity contribution in [2.24, 2.45) is 0 Å². The van der Waals surface area contributed by atoms with Gasteiger partial charge < -0.3 is 4.42 Å². The molecule has 0 spiro atoms. The lowest BCUT2D eigenvalue weighted by atomic mass is 10.3. The first-order valence-corrected chi connectivity index (χ1v) is 6.69. The van der Waals surface area contributed by atoms with Crippen LogP contribution in [-0.4, -0.2) is 14.3 Å². The van der Waals surface area contributed by atoms with Crippen molar-refractivity contribution in [1.29, 1.82) is 0 Å². The van der Waals surface area contributed by atoms with E-state index in [0.29, 0.717) is 12.1 Å². The van der Waals surface area contributed by atoms with Gasteiger partial charge in [0.2, 0.25) is 0 Å². The molecule has 2 N–H and O–H groups in total.